The number of rotatable bonds is 1. The molecule has 1 N–H and O–H groups in total. The second-order valence-corrected chi connectivity index (χ2v) is 5.84. The van der Waals surface area contributed by atoms with Crippen LogP contribution in [-0.2, 0) is 0 Å². The lowest BCUT2D eigenvalue weighted by Gasteiger charge is -2.24. The smallest absolute Gasteiger partial charge is 0.109 e. The van der Waals surface area contributed by atoms with E-state index in [0.717, 1.165) is 10.5 Å². The molecule has 1 aromatic rings. The van der Waals surface area contributed by atoms with Crippen LogP contribution in [0.5, 0.6) is 0 Å². The second-order valence-electron chi connectivity index (χ2n) is 5.09. The van der Waals surface area contributed by atoms with Crippen molar-refractivity contribution in [2.24, 2.45) is 5.92 Å². The van der Waals surface area contributed by atoms with E-state index in [9.17, 15) is 0 Å². The van der Waals surface area contributed by atoms with Gasteiger partial charge in [-0.05, 0) is 77.3 Å². The van der Waals surface area contributed by atoms with E-state index in [1.807, 2.05) is 6.20 Å². The second kappa shape index (κ2) is 4.54. The molecule has 0 radical (unpaired) electrons. The van der Waals surface area contributed by atoms with Gasteiger partial charge in [0.15, 0.2) is 0 Å². The van der Waals surface area contributed by atoms with E-state index in [4.69, 9.17) is 0 Å². The Bertz CT molecular complexity index is 467. The predicted molar refractivity (Wildman–Crippen MR) is 73.8 cm³/mol. The van der Waals surface area contributed by atoms with Crippen LogP contribution in [0.4, 0.5) is 0 Å². The van der Waals surface area contributed by atoms with Crippen molar-refractivity contribution in [1.82, 2.24) is 10.3 Å². The lowest BCUT2D eigenvalue weighted by molar-refractivity contribution is 0.465. The Hall–Kier alpha value is -0.670. The highest BCUT2D eigenvalue weighted by atomic mass is 79.9. The van der Waals surface area contributed by atoms with Crippen LogP contribution in [0, 0.1) is 12.8 Å². The fourth-order valence-corrected chi connectivity index (χ4v) is 3.13. The Morgan fingerprint density at radius 2 is 2.29 bits per heavy atom. The summed E-state index contributed by atoms with van der Waals surface area (Å²) in [7, 11) is 0. The molecule has 2 heterocycles. The van der Waals surface area contributed by atoms with Crippen molar-refractivity contribution < 1.29 is 0 Å². The Balaban J connectivity index is 1.91. The maximum absolute atomic E-state index is 4.39. The molecule has 1 aromatic heterocycles. The Labute approximate surface area is 111 Å². The molecule has 1 aliphatic carbocycles. The highest BCUT2D eigenvalue weighted by molar-refractivity contribution is 9.10. The van der Waals surface area contributed by atoms with Crippen LogP contribution in [0.3, 0.4) is 0 Å². The van der Waals surface area contributed by atoms with Crippen LogP contribution in [-0.4, -0.2) is 17.6 Å². The minimum Gasteiger partial charge on any atom is -0.310 e. The molecule has 2 nitrogen and oxygen atoms in total. The zero-order chi connectivity index (χ0) is 11.8. The van der Waals surface area contributed by atoms with Gasteiger partial charge in [-0.3, -0.25) is 0 Å². The molecule has 2 aliphatic rings. The first-order chi connectivity index (χ1) is 8.24. The molecule has 0 aromatic carbocycles. The topological polar surface area (TPSA) is 24.9 Å². The van der Waals surface area contributed by atoms with Crippen LogP contribution in [0.25, 0.3) is 5.57 Å². The molecule has 0 saturated carbocycles. The van der Waals surface area contributed by atoms with Gasteiger partial charge in [0, 0.05) is 12.2 Å². The first kappa shape index (κ1) is 11.4. The molecule has 3 heteroatoms. The minimum absolute atomic E-state index is 0.600. The molecule has 2 atom stereocenters. The van der Waals surface area contributed by atoms with E-state index >= 15 is 0 Å². The van der Waals surface area contributed by atoms with Gasteiger partial charge in [0.2, 0.25) is 0 Å². The average molecular weight is 293 g/mol. The monoisotopic (exact) mass is 292 g/mol. The molecule has 0 spiro atoms. The molecule has 0 amide bonds. The number of hydrogen-bond acceptors (Lipinski definition) is 2. The zero-order valence-corrected chi connectivity index (χ0v) is 11.6. The van der Waals surface area contributed by atoms with Gasteiger partial charge in [-0.15, -0.1) is 0 Å². The number of pyridine rings is 1. The highest BCUT2D eigenvalue weighted by Crippen LogP contribution is 2.34. The summed E-state index contributed by atoms with van der Waals surface area (Å²) in [5.41, 5.74) is 3.96. The molecule has 0 bridgehead atoms. The SMILES string of the molecule is Cc1cc(C2=C[C@@H]3NCC[C@@H]3CC2)cnc1Br. The summed E-state index contributed by atoms with van der Waals surface area (Å²) in [5.74, 6) is 0.864. The standard InChI is InChI=1S/C14H17BrN2/c1-9-6-12(8-17-14(9)15)11-3-2-10-4-5-16-13(10)7-11/h6-8,10,13,16H,2-5H2,1H3/t10-,13-/m0/s1. The summed E-state index contributed by atoms with van der Waals surface area (Å²) < 4.78 is 0.953. The first-order valence-electron chi connectivity index (χ1n) is 6.30. The van der Waals surface area contributed by atoms with Crippen LogP contribution in [0.2, 0.25) is 0 Å². The molecular formula is C14H17BrN2. The van der Waals surface area contributed by atoms with Gasteiger partial charge < -0.3 is 5.32 Å². The van der Waals surface area contributed by atoms with E-state index < -0.39 is 0 Å². The Kier molecular flexibility index (Phi) is 3.05. The van der Waals surface area contributed by atoms with Crippen LogP contribution >= 0.6 is 15.9 Å². The van der Waals surface area contributed by atoms with Crippen molar-refractivity contribution in [3.8, 4) is 0 Å². The third-order valence-corrected chi connectivity index (χ3v) is 4.78. The first-order valence-corrected chi connectivity index (χ1v) is 7.10. The van der Waals surface area contributed by atoms with Crippen molar-refractivity contribution in [3.63, 3.8) is 0 Å². The number of allylic oxidation sites excluding steroid dienone is 1. The number of aromatic nitrogens is 1. The largest absolute Gasteiger partial charge is 0.310 e. The summed E-state index contributed by atoms with van der Waals surface area (Å²) in [6, 6.07) is 2.83. The van der Waals surface area contributed by atoms with E-state index in [-0.39, 0.29) is 0 Å². The summed E-state index contributed by atoms with van der Waals surface area (Å²) in [4.78, 5) is 4.39. The number of nitrogens with one attached hydrogen (secondary N) is 1. The van der Waals surface area contributed by atoms with Gasteiger partial charge >= 0.3 is 0 Å². The summed E-state index contributed by atoms with van der Waals surface area (Å²) in [5, 5.41) is 3.58. The van der Waals surface area contributed by atoms with Gasteiger partial charge in [-0.1, -0.05) is 6.08 Å². The molecule has 1 fully saturated rings. The fraction of sp³-hybridized carbons (Fsp3) is 0.500. The third-order valence-electron chi connectivity index (χ3n) is 3.95. The number of nitrogens with zero attached hydrogens (tertiary/aromatic N) is 1. The number of hydrogen-bond donors (Lipinski definition) is 1. The fourth-order valence-electron chi connectivity index (χ4n) is 2.92. The lowest BCUT2D eigenvalue weighted by atomic mass is 9.84. The van der Waals surface area contributed by atoms with E-state index in [2.05, 4.69) is 45.3 Å². The molecule has 17 heavy (non-hydrogen) atoms. The van der Waals surface area contributed by atoms with Crippen molar-refractivity contribution >= 4 is 21.5 Å². The Morgan fingerprint density at radius 3 is 3.12 bits per heavy atom. The van der Waals surface area contributed by atoms with Crippen LogP contribution in [0.15, 0.2) is 22.9 Å². The van der Waals surface area contributed by atoms with Gasteiger partial charge in [0.1, 0.15) is 4.60 Å². The average Bonchev–Trinajstić information content (AvgIpc) is 2.79. The number of fused-ring (bicyclic) bond motifs is 1. The van der Waals surface area contributed by atoms with Crippen molar-refractivity contribution in [3.05, 3.63) is 34.1 Å². The van der Waals surface area contributed by atoms with Gasteiger partial charge in [0.05, 0.1) is 0 Å². The predicted octanol–water partition coefficient (Wildman–Crippen LogP) is 3.31. The maximum Gasteiger partial charge on any atom is 0.109 e. The Morgan fingerprint density at radius 1 is 1.41 bits per heavy atom. The molecule has 1 aliphatic heterocycles. The van der Waals surface area contributed by atoms with Crippen LogP contribution < -0.4 is 5.32 Å². The summed E-state index contributed by atoms with van der Waals surface area (Å²) in [6.45, 7) is 3.28. The quantitative estimate of drug-likeness (QED) is 0.804. The third kappa shape index (κ3) is 2.18. The maximum atomic E-state index is 4.39. The van der Waals surface area contributed by atoms with Gasteiger partial charge in [0.25, 0.3) is 0 Å². The summed E-state index contributed by atoms with van der Waals surface area (Å²) in [6.07, 6.45) is 8.26. The molecular weight excluding hydrogens is 276 g/mol. The van der Waals surface area contributed by atoms with Crippen molar-refractivity contribution in [2.45, 2.75) is 32.2 Å². The normalized spacial score (nSPS) is 27.8. The van der Waals surface area contributed by atoms with E-state index in [1.165, 1.54) is 42.5 Å². The summed E-state index contributed by atoms with van der Waals surface area (Å²) >= 11 is 3.46. The van der Waals surface area contributed by atoms with Crippen LogP contribution in [0.1, 0.15) is 30.4 Å². The molecule has 0 unspecified atom stereocenters. The zero-order valence-electron chi connectivity index (χ0n) is 10.0. The minimum atomic E-state index is 0.600. The van der Waals surface area contributed by atoms with E-state index in [0.29, 0.717) is 6.04 Å². The van der Waals surface area contributed by atoms with E-state index in [1.54, 1.807) is 0 Å². The van der Waals surface area contributed by atoms with Gasteiger partial charge in [-0.2, -0.15) is 0 Å². The number of aryl methyl sites for hydroxylation is 1. The molecule has 90 valence electrons. The number of halogens is 1. The molecule has 1 saturated heterocycles. The van der Waals surface area contributed by atoms with Gasteiger partial charge in [-0.25, -0.2) is 4.98 Å². The van der Waals surface area contributed by atoms with Crippen molar-refractivity contribution in [2.75, 3.05) is 6.54 Å². The molecule has 3 rings (SSSR count). The van der Waals surface area contributed by atoms with Crippen molar-refractivity contribution in [1.29, 1.82) is 0 Å². The highest BCUT2D eigenvalue weighted by Gasteiger charge is 2.28. The lowest BCUT2D eigenvalue weighted by Crippen LogP contribution is -2.27.